The van der Waals surface area contributed by atoms with Crippen LogP contribution in [-0.4, -0.2) is 24.0 Å². The average Bonchev–Trinajstić information content (AvgIpc) is 2.28. The van der Waals surface area contributed by atoms with Gasteiger partial charge in [0.25, 0.3) is 5.52 Å². The first-order valence-electron chi connectivity index (χ1n) is 7.00. The molecule has 0 N–H and O–H groups in total. The zero-order valence-electron chi connectivity index (χ0n) is 12.1. The van der Waals surface area contributed by atoms with Crippen LogP contribution in [0, 0.1) is 0 Å². The number of carbonyl (C=O) groups excluding carboxylic acids is 1. The average molecular weight is 325 g/mol. The van der Waals surface area contributed by atoms with Crippen LogP contribution in [0.25, 0.3) is 0 Å². The topological polar surface area (TPSA) is 17.1 Å². The minimum atomic E-state index is -1.26. The lowest BCUT2D eigenvalue weighted by atomic mass is 10.4. The van der Waals surface area contributed by atoms with Gasteiger partial charge in [-0.2, -0.15) is 0 Å². The largest absolute Gasteiger partial charge is 1.00 e. The normalized spacial score (nSPS) is 11.1. The maximum absolute atomic E-state index is 12.0. The van der Waals surface area contributed by atoms with Crippen molar-refractivity contribution in [1.82, 2.24) is 0 Å². The highest BCUT2D eigenvalue weighted by Gasteiger charge is 2.40. The summed E-state index contributed by atoms with van der Waals surface area (Å²) in [6.07, 6.45) is 11.1. The Morgan fingerprint density at radius 3 is 1.29 bits per heavy atom. The van der Waals surface area contributed by atoms with Crippen LogP contribution < -0.4 is 17.0 Å². The summed E-state index contributed by atoms with van der Waals surface area (Å²) in [4.78, 5) is 12.0. The van der Waals surface area contributed by atoms with Gasteiger partial charge in [-0.25, -0.2) is 0 Å². The van der Waals surface area contributed by atoms with E-state index in [4.69, 9.17) is 0 Å². The van der Waals surface area contributed by atoms with E-state index < -0.39 is 7.26 Å². The molecule has 0 heterocycles. The Bertz CT molecular complexity index is 173. The Morgan fingerprint density at radius 1 is 0.824 bits per heavy atom. The molecule has 0 saturated carbocycles. The molecule has 0 aliphatic heterocycles. The molecule has 0 spiro atoms. The second kappa shape index (κ2) is 11.7. The standard InChI is InChI=1S/C14H30OP.BrH/c1-5-8-11-16(14(4)15,12-9-6-2)13-10-7-3;/h5-13H2,1-4H3;1H/q+1;/p-1. The van der Waals surface area contributed by atoms with E-state index in [1.165, 1.54) is 57.0 Å². The number of carbonyl (C=O) groups is 1. The molecule has 0 atom stereocenters. The molecular weight excluding hydrogens is 295 g/mol. The summed E-state index contributed by atoms with van der Waals surface area (Å²) in [5.41, 5.74) is 0.544. The van der Waals surface area contributed by atoms with Crippen LogP contribution in [0.2, 0.25) is 0 Å². The fourth-order valence-corrected chi connectivity index (χ4v) is 6.57. The monoisotopic (exact) mass is 324 g/mol. The van der Waals surface area contributed by atoms with Crippen molar-refractivity contribution in [1.29, 1.82) is 0 Å². The molecular formula is C14H30BrOP. The van der Waals surface area contributed by atoms with Gasteiger partial charge in [0.05, 0.1) is 25.7 Å². The van der Waals surface area contributed by atoms with E-state index in [-0.39, 0.29) is 17.0 Å². The summed E-state index contributed by atoms with van der Waals surface area (Å²) in [7, 11) is -1.26. The zero-order chi connectivity index (χ0) is 12.4. The molecule has 0 aromatic rings. The van der Waals surface area contributed by atoms with Crippen molar-refractivity contribution in [2.75, 3.05) is 18.5 Å². The van der Waals surface area contributed by atoms with Crippen LogP contribution in [0.15, 0.2) is 0 Å². The molecule has 0 aliphatic rings. The summed E-state index contributed by atoms with van der Waals surface area (Å²) >= 11 is 0. The van der Waals surface area contributed by atoms with Crippen molar-refractivity contribution in [3.63, 3.8) is 0 Å². The number of hydrogen-bond donors (Lipinski definition) is 0. The van der Waals surface area contributed by atoms with Crippen LogP contribution in [0.5, 0.6) is 0 Å². The molecule has 0 aromatic heterocycles. The van der Waals surface area contributed by atoms with Crippen LogP contribution >= 0.6 is 7.26 Å². The zero-order valence-corrected chi connectivity index (χ0v) is 14.6. The Balaban J connectivity index is 0. The Morgan fingerprint density at radius 2 is 1.12 bits per heavy atom. The van der Waals surface area contributed by atoms with Gasteiger partial charge in [0.2, 0.25) is 0 Å². The molecule has 17 heavy (non-hydrogen) atoms. The quantitative estimate of drug-likeness (QED) is 0.561. The van der Waals surface area contributed by atoms with E-state index >= 15 is 0 Å². The van der Waals surface area contributed by atoms with Gasteiger partial charge in [0.15, 0.2) is 0 Å². The van der Waals surface area contributed by atoms with E-state index in [0.29, 0.717) is 5.52 Å². The van der Waals surface area contributed by atoms with Crippen molar-refractivity contribution < 1.29 is 21.8 Å². The van der Waals surface area contributed by atoms with Gasteiger partial charge < -0.3 is 17.0 Å². The lowest BCUT2D eigenvalue weighted by Gasteiger charge is -2.24. The number of halogens is 1. The first-order chi connectivity index (χ1) is 7.63. The van der Waals surface area contributed by atoms with Crippen LogP contribution in [0.1, 0.15) is 66.2 Å². The predicted molar refractivity (Wildman–Crippen MR) is 76.9 cm³/mol. The second-order valence-electron chi connectivity index (χ2n) is 4.90. The molecule has 0 aliphatic carbocycles. The molecule has 0 rings (SSSR count). The molecule has 0 saturated heterocycles. The van der Waals surface area contributed by atoms with Gasteiger partial charge >= 0.3 is 0 Å². The van der Waals surface area contributed by atoms with Crippen molar-refractivity contribution >= 4 is 12.8 Å². The highest BCUT2D eigenvalue weighted by molar-refractivity contribution is 7.90. The van der Waals surface area contributed by atoms with Gasteiger partial charge in [-0.05, 0) is 19.3 Å². The van der Waals surface area contributed by atoms with Crippen molar-refractivity contribution in [2.24, 2.45) is 0 Å². The van der Waals surface area contributed by atoms with Gasteiger partial charge in [-0.3, -0.25) is 4.79 Å². The van der Waals surface area contributed by atoms with Gasteiger partial charge in [-0.1, -0.05) is 40.0 Å². The summed E-state index contributed by atoms with van der Waals surface area (Å²) < 4.78 is 0. The third-order valence-electron chi connectivity index (χ3n) is 3.49. The summed E-state index contributed by atoms with van der Waals surface area (Å²) in [6.45, 7) is 8.55. The van der Waals surface area contributed by atoms with Crippen LogP contribution in [0.4, 0.5) is 0 Å². The third kappa shape index (κ3) is 7.57. The van der Waals surface area contributed by atoms with Crippen LogP contribution in [-0.2, 0) is 4.79 Å². The Hall–Kier alpha value is 0.580. The summed E-state index contributed by atoms with van der Waals surface area (Å²) in [6, 6.07) is 0. The van der Waals surface area contributed by atoms with E-state index in [1.54, 1.807) is 0 Å². The smallest absolute Gasteiger partial charge is 0.264 e. The highest BCUT2D eigenvalue weighted by atomic mass is 79.9. The van der Waals surface area contributed by atoms with Crippen LogP contribution in [0.3, 0.4) is 0 Å². The molecule has 0 fully saturated rings. The SMILES string of the molecule is CCCC[P+](CCCC)(CCCC)C(C)=O.[Br-]. The third-order valence-corrected chi connectivity index (χ3v) is 8.34. The molecule has 104 valence electrons. The number of hydrogen-bond acceptors (Lipinski definition) is 1. The number of unbranched alkanes of at least 4 members (excludes halogenated alkanes) is 3. The fourth-order valence-electron chi connectivity index (χ4n) is 2.19. The van der Waals surface area contributed by atoms with Crippen molar-refractivity contribution in [3.05, 3.63) is 0 Å². The maximum atomic E-state index is 12.0. The molecule has 0 aromatic carbocycles. The van der Waals surface area contributed by atoms with Crippen molar-refractivity contribution in [3.8, 4) is 0 Å². The molecule has 0 amide bonds. The molecule has 3 heteroatoms. The van der Waals surface area contributed by atoms with E-state index in [2.05, 4.69) is 20.8 Å². The molecule has 0 unspecified atom stereocenters. The lowest BCUT2D eigenvalue weighted by molar-refractivity contribution is -0.110. The minimum Gasteiger partial charge on any atom is -1.00 e. The highest BCUT2D eigenvalue weighted by Crippen LogP contribution is 2.61. The predicted octanol–water partition coefficient (Wildman–Crippen LogP) is 1.95. The molecule has 1 nitrogen and oxygen atoms in total. The fraction of sp³-hybridized carbons (Fsp3) is 0.929. The Kier molecular flexibility index (Phi) is 13.7. The first kappa shape index (κ1) is 19.9. The second-order valence-corrected chi connectivity index (χ2v) is 9.16. The van der Waals surface area contributed by atoms with E-state index in [9.17, 15) is 4.79 Å². The van der Waals surface area contributed by atoms with Crippen molar-refractivity contribution in [2.45, 2.75) is 66.2 Å². The van der Waals surface area contributed by atoms with Gasteiger partial charge in [-0.15, -0.1) is 0 Å². The van der Waals surface area contributed by atoms with E-state index in [1.807, 2.05) is 6.92 Å². The molecule has 0 radical (unpaired) electrons. The number of rotatable bonds is 10. The minimum absolute atomic E-state index is 0. The first-order valence-corrected chi connectivity index (χ1v) is 9.34. The lowest BCUT2D eigenvalue weighted by Crippen LogP contribution is -3.00. The van der Waals surface area contributed by atoms with E-state index in [0.717, 1.165) is 0 Å². The Labute approximate surface area is 119 Å². The molecule has 0 bridgehead atoms. The summed E-state index contributed by atoms with van der Waals surface area (Å²) in [5, 5.41) is 0. The maximum Gasteiger partial charge on any atom is 0.264 e. The van der Waals surface area contributed by atoms with Gasteiger partial charge in [0, 0.05) is 6.92 Å². The summed E-state index contributed by atoms with van der Waals surface area (Å²) in [5.74, 6) is 0. The van der Waals surface area contributed by atoms with Gasteiger partial charge in [0.1, 0.15) is 0 Å².